The summed E-state index contributed by atoms with van der Waals surface area (Å²) in [6.07, 6.45) is -4.88. The smallest absolute Gasteiger partial charge is 0.416 e. The van der Waals surface area contributed by atoms with Gasteiger partial charge in [0, 0.05) is 96.5 Å². The number of aromatic nitrogens is 1. The summed E-state index contributed by atoms with van der Waals surface area (Å²) in [5.41, 5.74) is 0.258. The molecule has 6 aromatic rings. The second kappa shape index (κ2) is 35.0. The third kappa shape index (κ3) is 19.9. The standard InChI is InChI=1S/C71H82F7N9O8S.3ClH/c1-48-63(96-66(80-48)79-31-14-6-9-21-61(88)82(2)39-40-85-32-26-56(27-33-85)95-67(92)81-59-20-13-11-18-57(59)49-15-7-5-8-16-49)65(91)84(4)38-37-83(3)62(89)45-93-60-43-50-17-10-12-19-58(50)68(60)28-34-86(35-29-68)36-30-69(52-22-24-55(72)25-23-52)46-87(47-94-69)64(90)51-41-53(70(73,74)75)44-54(42-51)71(76,77)78;;;/h5,7-8,10-13,15-20,22-25,41-42,44,56,60H,6,9,14,21,26-40,43,45-47H2,1-4H3,(H,79,80)(H,81,92);3*1H/t60-,69-;;;/m0.../s1. The molecule has 10 rings (SSSR count). The number of alkyl halides is 6. The Bertz CT molecular complexity index is 3660. The lowest BCUT2D eigenvalue weighted by Crippen LogP contribution is -2.50. The highest BCUT2D eigenvalue weighted by atomic mass is 35.5. The van der Waals surface area contributed by atoms with Gasteiger partial charge in [-0.1, -0.05) is 103 Å². The van der Waals surface area contributed by atoms with Crippen LogP contribution in [-0.4, -0.2) is 183 Å². The summed E-state index contributed by atoms with van der Waals surface area (Å²) in [6, 6.07) is 31.9. The van der Waals surface area contributed by atoms with Crippen molar-refractivity contribution in [3.8, 4) is 11.1 Å². The average molecular weight is 1460 g/mol. The van der Waals surface area contributed by atoms with Crippen LogP contribution in [0.2, 0.25) is 0 Å². The Balaban J connectivity index is 0.00000459. The molecule has 2 atom stereocenters. The van der Waals surface area contributed by atoms with Crippen LogP contribution in [0.1, 0.15) is 111 Å². The van der Waals surface area contributed by atoms with Gasteiger partial charge in [0.05, 0.1) is 35.2 Å². The van der Waals surface area contributed by atoms with E-state index in [1.54, 1.807) is 35.7 Å². The van der Waals surface area contributed by atoms with Crippen LogP contribution in [0.3, 0.4) is 0 Å². The molecule has 4 heterocycles. The SMILES string of the molecule is Cc1nc(NCCCCCC(=O)N(C)CCN2CCC(OC(=O)Nc3ccccc3-c3ccccc3)CC2)sc1C(=O)N(C)CCN(C)C(=O)CO[C@H]1Cc2ccccc2C12CCN(CC[C@@]1(c3ccc(F)cc3)CN(C(=O)c3cc(C(F)(F)F)cc(C(F)(F)F)c3)CO1)CC2.Cl.Cl.Cl. The summed E-state index contributed by atoms with van der Waals surface area (Å²) in [7, 11) is 5.20. The lowest BCUT2D eigenvalue weighted by molar-refractivity contribution is -0.143. The third-order valence-corrected chi connectivity index (χ3v) is 20.2. The third-order valence-electron chi connectivity index (χ3n) is 19.1. The zero-order valence-electron chi connectivity index (χ0n) is 55.6. The van der Waals surface area contributed by atoms with Gasteiger partial charge in [-0.3, -0.25) is 24.5 Å². The Morgan fingerprint density at radius 1 is 0.717 bits per heavy atom. The summed E-state index contributed by atoms with van der Waals surface area (Å²) < 4.78 is 116. The van der Waals surface area contributed by atoms with Crippen LogP contribution in [-0.2, 0) is 53.6 Å². The van der Waals surface area contributed by atoms with Crippen molar-refractivity contribution in [3.63, 3.8) is 0 Å². The summed E-state index contributed by atoms with van der Waals surface area (Å²) in [5, 5.41) is 6.89. The Labute approximate surface area is 595 Å². The molecule has 0 radical (unpaired) electrons. The number of carbonyl (C=O) groups excluding carboxylic acids is 5. The number of unbranched alkanes of at least 4 members (excludes halogenated alkanes) is 2. The average Bonchev–Trinajstić information content (AvgIpc) is 1.62. The maximum Gasteiger partial charge on any atom is 0.416 e. The van der Waals surface area contributed by atoms with Gasteiger partial charge >= 0.3 is 18.4 Å². The summed E-state index contributed by atoms with van der Waals surface area (Å²) >= 11 is 1.28. The quantitative estimate of drug-likeness (QED) is 0.0411. The molecular weight excluding hydrogens is 1380 g/mol. The van der Waals surface area contributed by atoms with Gasteiger partial charge in [-0.15, -0.1) is 37.2 Å². The number of carbonyl (C=O) groups is 5. The first-order valence-electron chi connectivity index (χ1n) is 32.6. The van der Waals surface area contributed by atoms with E-state index in [1.165, 1.54) is 35.6 Å². The van der Waals surface area contributed by atoms with Crippen molar-refractivity contribution in [1.82, 2.24) is 34.4 Å². The molecule has 99 heavy (non-hydrogen) atoms. The van der Waals surface area contributed by atoms with Crippen LogP contribution >= 0.6 is 48.6 Å². The normalized spacial score (nSPS) is 17.7. The molecule has 5 aromatic carbocycles. The van der Waals surface area contributed by atoms with Gasteiger partial charge in [0.25, 0.3) is 11.8 Å². The second-order valence-corrected chi connectivity index (χ2v) is 26.5. The molecule has 3 fully saturated rings. The number of likely N-dealkylation sites (tertiary alicyclic amines) is 2. The molecule has 2 N–H and O–H groups in total. The predicted octanol–water partition coefficient (Wildman–Crippen LogP) is 13.6. The van der Waals surface area contributed by atoms with Crippen LogP contribution < -0.4 is 10.6 Å². The second-order valence-electron chi connectivity index (χ2n) is 25.5. The largest absolute Gasteiger partial charge is 0.446 e. The lowest BCUT2D eigenvalue weighted by atomic mass is 9.72. The lowest BCUT2D eigenvalue weighted by Gasteiger charge is -2.44. The van der Waals surface area contributed by atoms with Gasteiger partial charge in [0.1, 0.15) is 35.7 Å². The monoisotopic (exact) mass is 1460 g/mol. The number of ether oxygens (including phenoxy) is 3. The first-order chi connectivity index (χ1) is 45.9. The number of halogens is 10. The molecule has 5 amide bonds. The summed E-state index contributed by atoms with van der Waals surface area (Å²) in [4.78, 5) is 82.7. The van der Waals surface area contributed by atoms with E-state index >= 15 is 0 Å². The predicted molar refractivity (Wildman–Crippen MR) is 373 cm³/mol. The van der Waals surface area contributed by atoms with Crippen molar-refractivity contribution in [2.45, 2.75) is 107 Å². The van der Waals surface area contributed by atoms with Gasteiger partial charge in [-0.25, -0.2) is 14.2 Å². The van der Waals surface area contributed by atoms with E-state index in [0.29, 0.717) is 110 Å². The number of likely N-dealkylation sites (N-methyl/N-ethyl adjacent to an activating group) is 3. The molecule has 0 saturated carbocycles. The molecule has 28 heteroatoms. The molecular formula is C71H85Cl3F7N9O8S. The fourth-order valence-corrected chi connectivity index (χ4v) is 14.3. The van der Waals surface area contributed by atoms with Gasteiger partial charge in [0.15, 0.2) is 5.13 Å². The van der Waals surface area contributed by atoms with E-state index in [1.807, 2.05) is 73.8 Å². The Hall–Kier alpha value is -7.10. The highest BCUT2D eigenvalue weighted by Gasteiger charge is 2.50. The number of hydrogen-bond donors (Lipinski definition) is 2. The molecule has 17 nitrogen and oxygen atoms in total. The fourth-order valence-electron chi connectivity index (χ4n) is 13.3. The number of amides is 5. The molecule has 1 spiro atoms. The summed E-state index contributed by atoms with van der Waals surface area (Å²) in [6.45, 7) is 6.56. The molecule has 1 aliphatic carbocycles. The summed E-state index contributed by atoms with van der Waals surface area (Å²) in [5.74, 6) is -1.98. The number of nitrogens with one attached hydrogen (secondary N) is 2. The Morgan fingerprint density at radius 3 is 2.03 bits per heavy atom. The number of nitrogens with zero attached hydrogens (tertiary/aromatic N) is 7. The van der Waals surface area contributed by atoms with Crippen LogP contribution in [0.4, 0.5) is 46.3 Å². The van der Waals surface area contributed by atoms with Crippen molar-refractivity contribution in [1.29, 1.82) is 0 Å². The molecule has 3 aliphatic heterocycles. The Morgan fingerprint density at radius 2 is 1.34 bits per heavy atom. The van der Waals surface area contributed by atoms with Gasteiger partial charge in [0.2, 0.25) is 11.8 Å². The van der Waals surface area contributed by atoms with Crippen LogP contribution in [0.15, 0.2) is 121 Å². The minimum atomic E-state index is -5.15. The minimum Gasteiger partial charge on any atom is -0.446 e. The maximum absolute atomic E-state index is 14.3. The zero-order valence-corrected chi connectivity index (χ0v) is 58.9. The van der Waals surface area contributed by atoms with Crippen LogP contribution in [0, 0.1) is 12.7 Å². The van der Waals surface area contributed by atoms with E-state index in [0.717, 1.165) is 66.1 Å². The number of fused-ring (bicyclic) bond motifs is 2. The molecule has 1 aromatic heterocycles. The highest BCUT2D eigenvalue weighted by molar-refractivity contribution is 7.17. The fraction of sp³-hybridized carbons (Fsp3) is 0.465. The molecule has 538 valence electrons. The van der Waals surface area contributed by atoms with E-state index in [4.69, 9.17) is 14.2 Å². The van der Waals surface area contributed by atoms with Gasteiger partial charge in [-0.05, 0) is 130 Å². The topological polar surface area (TPSA) is 169 Å². The number of para-hydroxylation sites is 1. The number of aryl methyl sites for hydroxylation is 1. The first-order valence-corrected chi connectivity index (χ1v) is 33.4. The van der Waals surface area contributed by atoms with Crippen molar-refractivity contribution in [2.24, 2.45) is 0 Å². The van der Waals surface area contributed by atoms with E-state index in [-0.39, 0.29) is 106 Å². The van der Waals surface area contributed by atoms with Gasteiger partial charge in [-0.2, -0.15) is 26.3 Å². The van der Waals surface area contributed by atoms with Crippen molar-refractivity contribution in [2.75, 3.05) is 117 Å². The van der Waals surface area contributed by atoms with Gasteiger partial charge < -0.3 is 48.9 Å². The van der Waals surface area contributed by atoms with Crippen LogP contribution in [0.25, 0.3) is 11.1 Å². The van der Waals surface area contributed by atoms with Crippen LogP contribution in [0.5, 0.6) is 0 Å². The van der Waals surface area contributed by atoms with E-state index < -0.39 is 64.6 Å². The molecule has 4 aliphatic rings. The van der Waals surface area contributed by atoms with Crippen molar-refractivity contribution in [3.05, 3.63) is 171 Å². The van der Waals surface area contributed by atoms with Crippen molar-refractivity contribution >= 4 is 89.1 Å². The number of hydrogen-bond acceptors (Lipinski definition) is 13. The number of piperidine rings is 2. The number of thiazole rings is 1. The zero-order chi connectivity index (χ0) is 68.4. The number of anilines is 2. The van der Waals surface area contributed by atoms with E-state index in [2.05, 4.69) is 37.6 Å². The van der Waals surface area contributed by atoms with Crippen molar-refractivity contribution < 1.29 is 68.9 Å². The molecule has 0 unspecified atom stereocenters. The Kier molecular flexibility index (Phi) is 28.0. The maximum atomic E-state index is 14.3. The number of rotatable bonds is 25. The first kappa shape index (κ1) is 79.2. The molecule has 3 saturated heterocycles. The highest BCUT2D eigenvalue weighted by Crippen LogP contribution is 2.49. The number of benzene rings is 5. The minimum absolute atomic E-state index is 0. The molecule has 0 bridgehead atoms. The van der Waals surface area contributed by atoms with E-state index in [9.17, 15) is 54.7 Å².